The molecule has 0 radical (unpaired) electrons. The maximum Gasteiger partial charge on any atom is 0.311 e. The van der Waals surface area contributed by atoms with Crippen LogP contribution in [0, 0.1) is 22.8 Å². The summed E-state index contributed by atoms with van der Waals surface area (Å²) in [6.07, 6.45) is 2.99. The summed E-state index contributed by atoms with van der Waals surface area (Å²) in [4.78, 5) is 1.31. The molecule has 1 aromatic carbocycles. The highest BCUT2D eigenvalue weighted by Gasteiger charge is 2.66. The highest BCUT2D eigenvalue weighted by molar-refractivity contribution is 8.45. The van der Waals surface area contributed by atoms with Crippen molar-refractivity contribution in [3.05, 3.63) is 23.8 Å². The zero-order chi connectivity index (χ0) is 16.4. The summed E-state index contributed by atoms with van der Waals surface area (Å²) in [5.74, 6) is 0. The first-order valence-electron chi connectivity index (χ1n) is 4.97. The first kappa shape index (κ1) is 17.1. The standard InChI is InChI=1S/C10H7F5N4S2/c1-20-10(18-6-17)19-8-3-2-7(5-16)9(4-8)21(11,12,13,14)15/h2-4H,1H3,(H,18,19). The molecule has 1 rings (SSSR count). The van der Waals surface area contributed by atoms with E-state index in [-0.39, 0.29) is 11.2 Å². The molecule has 11 heteroatoms. The van der Waals surface area contributed by atoms with E-state index in [1.165, 1.54) is 12.4 Å². The molecule has 1 aromatic rings. The van der Waals surface area contributed by atoms with Crippen molar-refractivity contribution in [2.75, 3.05) is 6.26 Å². The van der Waals surface area contributed by atoms with Gasteiger partial charge in [-0.25, -0.2) is 4.99 Å². The number of hydrogen-bond acceptors (Lipinski definition) is 4. The minimum atomic E-state index is -10.0. The first-order valence-corrected chi connectivity index (χ1v) is 8.15. The van der Waals surface area contributed by atoms with Crippen LogP contribution in [0.4, 0.5) is 25.1 Å². The molecule has 0 heterocycles. The number of nitriles is 2. The molecule has 4 nitrogen and oxygen atoms in total. The Morgan fingerprint density at radius 1 is 1.24 bits per heavy atom. The van der Waals surface area contributed by atoms with Crippen LogP contribution in [0.3, 0.4) is 0 Å². The van der Waals surface area contributed by atoms with E-state index in [0.717, 1.165) is 23.9 Å². The van der Waals surface area contributed by atoms with Gasteiger partial charge in [-0.3, -0.25) is 5.32 Å². The number of benzene rings is 1. The third kappa shape index (κ3) is 4.51. The van der Waals surface area contributed by atoms with Crippen molar-refractivity contribution in [3.8, 4) is 12.3 Å². The molecular formula is C10H7F5N4S2. The number of aliphatic imine (C=N–C) groups is 1. The molecule has 21 heavy (non-hydrogen) atoms. The van der Waals surface area contributed by atoms with Crippen LogP contribution in [0.2, 0.25) is 0 Å². The normalized spacial score (nSPS) is 15.3. The van der Waals surface area contributed by atoms with E-state index in [1.807, 2.05) is 0 Å². The van der Waals surface area contributed by atoms with Gasteiger partial charge in [-0.1, -0.05) is 31.2 Å². The van der Waals surface area contributed by atoms with E-state index < -0.39 is 26.4 Å². The number of nitrogens with zero attached hydrogens (tertiary/aromatic N) is 3. The van der Waals surface area contributed by atoms with Gasteiger partial charge < -0.3 is 0 Å². The molecule has 0 saturated carbocycles. The van der Waals surface area contributed by atoms with Crippen LogP contribution in [0.15, 0.2) is 28.1 Å². The Kier molecular flexibility index (Phi) is 3.89. The molecule has 0 aliphatic heterocycles. The second-order valence-electron chi connectivity index (χ2n) is 3.62. The molecule has 0 aromatic heterocycles. The fourth-order valence-electron chi connectivity index (χ4n) is 1.28. The Hall–Kier alpha value is -1.98. The van der Waals surface area contributed by atoms with Gasteiger partial charge in [-0.15, -0.1) is 0 Å². The molecule has 1 N–H and O–H groups in total. The van der Waals surface area contributed by atoms with Gasteiger partial charge in [0.25, 0.3) is 0 Å². The summed E-state index contributed by atoms with van der Waals surface area (Å²) < 4.78 is 64.3. The van der Waals surface area contributed by atoms with Crippen molar-refractivity contribution in [1.29, 1.82) is 10.5 Å². The maximum absolute atomic E-state index is 12.9. The van der Waals surface area contributed by atoms with E-state index in [2.05, 4.69) is 10.3 Å². The van der Waals surface area contributed by atoms with Crippen molar-refractivity contribution >= 4 is 32.8 Å². The third-order valence-electron chi connectivity index (χ3n) is 2.09. The van der Waals surface area contributed by atoms with Gasteiger partial charge in [0.2, 0.25) is 0 Å². The SMILES string of the molecule is CSC(=Nc1ccc(C#N)c(S(F)(F)(F)(F)F)c1)NC#N. The molecule has 0 bridgehead atoms. The topological polar surface area (TPSA) is 72.0 Å². The van der Waals surface area contributed by atoms with Crippen LogP contribution < -0.4 is 5.32 Å². The summed E-state index contributed by atoms with van der Waals surface area (Å²) in [6.45, 7) is 0. The Labute approximate surface area is 121 Å². The van der Waals surface area contributed by atoms with Gasteiger partial charge in [-0.2, -0.15) is 10.5 Å². The van der Waals surface area contributed by atoms with Gasteiger partial charge in [0, 0.05) is 0 Å². The molecular weight excluding hydrogens is 335 g/mol. The number of nitrogens with one attached hydrogen (secondary N) is 1. The van der Waals surface area contributed by atoms with Crippen LogP contribution in [-0.4, -0.2) is 11.4 Å². The van der Waals surface area contributed by atoms with Crippen LogP contribution >= 0.6 is 22.0 Å². The quantitative estimate of drug-likeness (QED) is 0.279. The Bertz CT molecular complexity index is 684. The fraction of sp³-hybridized carbons (Fsp3) is 0.100. The molecule has 0 aliphatic rings. The lowest BCUT2D eigenvalue weighted by atomic mass is 10.2. The second-order valence-corrected chi connectivity index (χ2v) is 6.79. The lowest BCUT2D eigenvalue weighted by Gasteiger charge is -2.41. The Balaban J connectivity index is 3.53. The monoisotopic (exact) mass is 342 g/mol. The van der Waals surface area contributed by atoms with Crippen molar-refractivity contribution in [1.82, 2.24) is 5.32 Å². The van der Waals surface area contributed by atoms with Gasteiger partial charge in [0.15, 0.2) is 11.4 Å². The second kappa shape index (κ2) is 4.79. The van der Waals surface area contributed by atoms with Gasteiger partial charge in [0.05, 0.1) is 11.3 Å². The van der Waals surface area contributed by atoms with Gasteiger partial charge >= 0.3 is 10.2 Å². The number of hydrogen-bond donors (Lipinski definition) is 1. The van der Waals surface area contributed by atoms with Crippen molar-refractivity contribution in [2.45, 2.75) is 4.90 Å². The summed E-state index contributed by atoms with van der Waals surface area (Å²) in [5.41, 5.74) is -1.64. The van der Waals surface area contributed by atoms with Crippen LogP contribution in [-0.2, 0) is 0 Å². The van der Waals surface area contributed by atoms with Crippen LogP contribution in [0.5, 0.6) is 0 Å². The van der Waals surface area contributed by atoms with E-state index in [1.54, 1.807) is 0 Å². The Morgan fingerprint density at radius 3 is 2.29 bits per heavy atom. The number of amidine groups is 1. The summed E-state index contributed by atoms with van der Waals surface area (Å²) >= 11 is 0.903. The molecule has 0 fully saturated rings. The minimum Gasteiger partial charge on any atom is -0.271 e. The van der Waals surface area contributed by atoms with E-state index in [0.29, 0.717) is 6.07 Å². The Morgan fingerprint density at radius 2 is 1.86 bits per heavy atom. The number of halogens is 5. The smallest absolute Gasteiger partial charge is 0.271 e. The molecule has 0 aliphatic carbocycles. The predicted molar refractivity (Wildman–Crippen MR) is 71.9 cm³/mol. The summed E-state index contributed by atoms with van der Waals surface area (Å²) in [7, 11) is -10.0. The highest BCUT2D eigenvalue weighted by atomic mass is 32.5. The van der Waals surface area contributed by atoms with Crippen molar-refractivity contribution in [2.24, 2.45) is 4.99 Å². The zero-order valence-corrected chi connectivity index (χ0v) is 11.9. The van der Waals surface area contributed by atoms with Crippen molar-refractivity contribution < 1.29 is 19.4 Å². The molecule has 114 valence electrons. The fourth-order valence-corrected chi connectivity index (χ4v) is 2.50. The van der Waals surface area contributed by atoms with E-state index in [9.17, 15) is 19.4 Å². The molecule has 0 spiro atoms. The maximum atomic E-state index is 12.9. The van der Waals surface area contributed by atoms with E-state index in [4.69, 9.17) is 10.5 Å². The highest BCUT2D eigenvalue weighted by Crippen LogP contribution is 3.02. The lowest BCUT2D eigenvalue weighted by molar-refractivity contribution is 0.363. The molecule has 0 atom stereocenters. The number of thioether (sulfide) groups is 1. The lowest BCUT2D eigenvalue weighted by Crippen LogP contribution is -2.12. The van der Waals surface area contributed by atoms with Gasteiger partial charge in [0.1, 0.15) is 11.0 Å². The summed E-state index contributed by atoms with van der Waals surface area (Å²) in [6, 6.07) is 2.75. The van der Waals surface area contributed by atoms with Gasteiger partial charge in [-0.05, 0) is 24.5 Å². The average Bonchev–Trinajstić information content (AvgIpc) is 2.35. The largest absolute Gasteiger partial charge is 0.311 e. The molecule has 0 amide bonds. The van der Waals surface area contributed by atoms with Crippen molar-refractivity contribution in [3.63, 3.8) is 0 Å². The minimum absolute atomic E-state index is 0.0738. The van der Waals surface area contributed by atoms with Crippen LogP contribution in [0.1, 0.15) is 5.56 Å². The third-order valence-corrected chi connectivity index (χ3v) is 3.84. The first-order chi connectivity index (χ1) is 9.41. The molecule has 0 saturated heterocycles. The molecule has 0 unspecified atom stereocenters. The average molecular weight is 342 g/mol. The van der Waals surface area contributed by atoms with E-state index >= 15 is 0 Å². The predicted octanol–water partition coefficient (Wildman–Crippen LogP) is 4.64. The van der Waals surface area contributed by atoms with Crippen LogP contribution in [0.25, 0.3) is 0 Å². The summed E-state index contributed by atoms with van der Waals surface area (Å²) in [5, 5.41) is 19.0. The number of rotatable bonds is 2. The zero-order valence-electron chi connectivity index (χ0n) is 10.3.